The van der Waals surface area contributed by atoms with Crippen molar-refractivity contribution in [2.45, 2.75) is 20.8 Å². The lowest BCUT2D eigenvalue weighted by molar-refractivity contribution is 0.234. The summed E-state index contributed by atoms with van der Waals surface area (Å²) in [7, 11) is 0. The molecule has 0 fully saturated rings. The summed E-state index contributed by atoms with van der Waals surface area (Å²) in [5, 5.41) is 5.97. The first-order chi connectivity index (χ1) is 10.5. The maximum atomic E-state index is 11.7. The average Bonchev–Trinajstić information content (AvgIpc) is 2.44. The lowest BCUT2D eigenvalue weighted by Crippen LogP contribution is -2.32. The minimum atomic E-state index is -0.375. The molecule has 2 amide bonds. The van der Waals surface area contributed by atoms with Gasteiger partial charge in [0, 0.05) is 11.2 Å². The van der Waals surface area contributed by atoms with Gasteiger partial charge in [0.15, 0.2) is 6.73 Å². The summed E-state index contributed by atoms with van der Waals surface area (Å²) < 4.78 is 5.50. The number of hydrogen-bond acceptors (Lipinski definition) is 3. The van der Waals surface area contributed by atoms with Crippen molar-refractivity contribution in [1.82, 2.24) is 10.3 Å². The van der Waals surface area contributed by atoms with Crippen molar-refractivity contribution >= 4 is 23.4 Å². The average molecular weight is 320 g/mol. The van der Waals surface area contributed by atoms with E-state index in [1.807, 2.05) is 39.0 Å². The number of halogens is 1. The molecule has 0 radical (unpaired) electrons. The van der Waals surface area contributed by atoms with Gasteiger partial charge in [0.05, 0.1) is 0 Å². The Morgan fingerprint density at radius 1 is 1.23 bits per heavy atom. The van der Waals surface area contributed by atoms with Crippen molar-refractivity contribution in [2.24, 2.45) is 0 Å². The second-order valence-electron chi connectivity index (χ2n) is 5.01. The van der Waals surface area contributed by atoms with E-state index >= 15 is 0 Å². The quantitative estimate of drug-likeness (QED) is 0.842. The topological polar surface area (TPSA) is 63.2 Å². The van der Waals surface area contributed by atoms with Gasteiger partial charge in [-0.3, -0.25) is 5.32 Å². The zero-order chi connectivity index (χ0) is 16.1. The summed E-state index contributed by atoms with van der Waals surface area (Å²) in [5.74, 6) is 1.16. The van der Waals surface area contributed by atoms with Gasteiger partial charge in [0.25, 0.3) is 0 Å². The molecule has 1 aromatic carbocycles. The van der Waals surface area contributed by atoms with Gasteiger partial charge in [-0.2, -0.15) is 0 Å². The summed E-state index contributed by atoms with van der Waals surface area (Å²) in [6, 6.07) is 6.93. The van der Waals surface area contributed by atoms with Gasteiger partial charge in [-0.05, 0) is 61.7 Å². The fourth-order valence-corrected chi connectivity index (χ4v) is 2.05. The summed E-state index contributed by atoms with van der Waals surface area (Å²) in [4.78, 5) is 15.8. The van der Waals surface area contributed by atoms with Crippen LogP contribution in [-0.2, 0) is 0 Å². The third-order valence-corrected chi connectivity index (χ3v) is 3.63. The standard InChI is InChI=1S/C16H18ClN3O2/c1-10-4-5-18-14(6-10)20-16(21)19-9-22-13-7-11(2)15(17)12(3)8-13/h4-8H,9H2,1-3H3,(H2,18,19,20,21). The number of aromatic nitrogens is 1. The number of pyridine rings is 1. The predicted molar refractivity (Wildman–Crippen MR) is 87.5 cm³/mol. The number of nitrogens with one attached hydrogen (secondary N) is 2. The monoisotopic (exact) mass is 319 g/mol. The van der Waals surface area contributed by atoms with Crippen molar-refractivity contribution < 1.29 is 9.53 Å². The fourth-order valence-electron chi connectivity index (χ4n) is 1.94. The molecule has 0 saturated heterocycles. The normalized spacial score (nSPS) is 10.2. The third kappa shape index (κ3) is 4.36. The van der Waals surface area contributed by atoms with Crippen LogP contribution in [0.25, 0.3) is 0 Å². The molecule has 0 atom stereocenters. The molecule has 1 heterocycles. The van der Waals surface area contributed by atoms with Crippen LogP contribution >= 0.6 is 11.6 Å². The highest BCUT2D eigenvalue weighted by Crippen LogP contribution is 2.25. The van der Waals surface area contributed by atoms with Crippen LogP contribution in [0.3, 0.4) is 0 Å². The van der Waals surface area contributed by atoms with E-state index in [1.54, 1.807) is 12.3 Å². The number of rotatable bonds is 4. The Morgan fingerprint density at radius 3 is 2.55 bits per heavy atom. The highest BCUT2D eigenvalue weighted by Gasteiger charge is 2.05. The Bertz CT molecular complexity index is 666. The number of ether oxygens (including phenoxy) is 1. The van der Waals surface area contributed by atoms with Crippen molar-refractivity contribution in [2.75, 3.05) is 12.0 Å². The van der Waals surface area contributed by atoms with E-state index in [1.165, 1.54) is 0 Å². The molecule has 116 valence electrons. The van der Waals surface area contributed by atoms with Crippen LogP contribution in [0, 0.1) is 20.8 Å². The van der Waals surface area contributed by atoms with Crippen LogP contribution in [0.4, 0.5) is 10.6 Å². The van der Waals surface area contributed by atoms with E-state index in [0.29, 0.717) is 11.6 Å². The van der Waals surface area contributed by atoms with Gasteiger partial charge in [0.1, 0.15) is 11.6 Å². The number of aryl methyl sites for hydroxylation is 3. The van der Waals surface area contributed by atoms with E-state index in [2.05, 4.69) is 15.6 Å². The first-order valence-electron chi connectivity index (χ1n) is 6.83. The van der Waals surface area contributed by atoms with Crippen LogP contribution in [0.15, 0.2) is 30.5 Å². The molecule has 0 aliphatic heterocycles. The third-order valence-electron chi connectivity index (χ3n) is 3.04. The van der Waals surface area contributed by atoms with Crippen LogP contribution in [0.5, 0.6) is 5.75 Å². The number of carbonyl (C=O) groups is 1. The minimum absolute atomic E-state index is 0.0537. The van der Waals surface area contributed by atoms with Gasteiger partial charge < -0.3 is 10.1 Å². The molecule has 2 aromatic rings. The maximum Gasteiger partial charge on any atom is 0.323 e. The number of hydrogen-bond donors (Lipinski definition) is 2. The molecule has 0 aliphatic rings. The number of benzene rings is 1. The summed E-state index contributed by atoms with van der Waals surface area (Å²) in [6.45, 7) is 5.80. The van der Waals surface area contributed by atoms with Crippen molar-refractivity contribution in [1.29, 1.82) is 0 Å². The van der Waals surface area contributed by atoms with Crippen molar-refractivity contribution in [3.05, 3.63) is 52.2 Å². The van der Waals surface area contributed by atoms with Crippen LogP contribution < -0.4 is 15.4 Å². The number of urea groups is 1. The van der Waals surface area contributed by atoms with Gasteiger partial charge in [0.2, 0.25) is 0 Å². The molecule has 5 nitrogen and oxygen atoms in total. The molecule has 0 unspecified atom stereocenters. The molecule has 0 aliphatic carbocycles. The first kappa shape index (κ1) is 16.1. The lowest BCUT2D eigenvalue weighted by atomic mass is 10.1. The van der Waals surface area contributed by atoms with Crippen LogP contribution in [0.1, 0.15) is 16.7 Å². The van der Waals surface area contributed by atoms with Gasteiger partial charge in [-0.1, -0.05) is 11.6 Å². The predicted octanol–water partition coefficient (Wildman–Crippen LogP) is 3.82. The molecule has 2 rings (SSSR count). The Labute approximate surface area is 134 Å². The number of amides is 2. The van der Waals surface area contributed by atoms with E-state index in [-0.39, 0.29) is 12.8 Å². The van der Waals surface area contributed by atoms with Crippen molar-refractivity contribution in [3.8, 4) is 5.75 Å². The molecule has 0 bridgehead atoms. The van der Waals surface area contributed by atoms with Gasteiger partial charge >= 0.3 is 6.03 Å². The maximum absolute atomic E-state index is 11.7. The molecule has 0 spiro atoms. The zero-order valence-electron chi connectivity index (χ0n) is 12.7. The SMILES string of the molecule is Cc1ccnc(NC(=O)NCOc2cc(C)c(Cl)c(C)c2)c1. The Hall–Kier alpha value is -2.27. The fraction of sp³-hybridized carbons (Fsp3) is 0.250. The van der Waals surface area contributed by atoms with E-state index < -0.39 is 0 Å². The van der Waals surface area contributed by atoms with E-state index in [0.717, 1.165) is 21.7 Å². The zero-order valence-corrected chi connectivity index (χ0v) is 13.5. The smallest absolute Gasteiger partial charge is 0.323 e. The summed E-state index contributed by atoms with van der Waals surface area (Å²) in [5.41, 5.74) is 2.89. The number of anilines is 1. The van der Waals surface area contributed by atoms with E-state index in [9.17, 15) is 4.79 Å². The highest BCUT2D eigenvalue weighted by atomic mass is 35.5. The molecule has 0 saturated carbocycles. The summed E-state index contributed by atoms with van der Waals surface area (Å²) >= 11 is 6.09. The number of nitrogens with zero attached hydrogens (tertiary/aromatic N) is 1. The molecule has 6 heteroatoms. The molecule has 22 heavy (non-hydrogen) atoms. The Kier molecular flexibility index (Phi) is 5.22. The lowest BCUT2D eigenvalue weighted by Gasteiger charge is -2.11. The second kappa shape index (κ2) is 7.13. The minimum Gasteiger partial charge on any atom is -0.473 e. The largest absolute Gasteiger partial charge is 0.473 e. The molecule has 2 N–H and O–H groups in total. The number of carbonyl (C=O) groups excluding carboxylic acids is 1. The van der Waals surface area contributed by atoms with Crippen molar-refractivity contribution in [3.63, 3.8) is 0 Å². The van der Waals surface area contributed by atoms with Crippen LogP contribution in [0.2, 0.25) is 5.02 Å². The Morgan fingerprint density at radius 2 is 1.91 bits per heavy atom. The molecular weight excluding hydrogens is 302 g/mol. The van der Waals surface area contributed by atoms with Crippen LogP contribution in [-0.4, -0.2) is 17.7 Å². The first-order valence-corrected chi connectivity index (χ1v) is 7.20. The molecular formula is C16H18ClN3O2. The molecule has 1 aromatic heterocycles. The van der Waals surface area contributed by atoms with Gasteiger partial charge in [-0.15, -0.1) is 0 Å². The van der Waals surface area contributed by atoms with E-state index in [4.69, 9.17) is 16.3 Å². The second-order valence-corrected chi connectivity index (χ2v) is 5.39. The van der Waals surface area contributed by atoms with Gasteiger partial charge in [-0.25, -0.2) is 9.78 Å². The summed E-state index contributed by atoms with van der Waals surface area (Å²) in [6.07, 6.45) is 1.64. The Balaban J connectivity index is 1.84. The highest BCUT2D eigenvalue weighted by molar-refractivity contribution is 6.32.